The Morgan fingerprint density at radius 2 is 1.41 bits per heavy atom. The first-order valence-electron chi connectivity index (χ1n) is 5.97. The first-order chi connectivity index (χ1) is 10.3. The highest BCUT2D eigenvalue weighted by Crippen LogP contribution is 2.31. The normalized spacial score (nSPS) is 10.0. The maximum absolute atomic E-state index is 9.75. The Kier molecular flexibility index (Phi) is 6.19. The molecule has 0 amide bonds. The summed E-state index contributed by atoms with van der Waals surface area (Å²) in [5, 5.41) is 8.80. The molecule has 0 saturated heterocycles. The molecule has 0 fully saturated rings. The molecule has 0 spiro atoms. The molecule has 4 nitrogen and oxygen atoms in total. The van der Waals surface area contributed by atoms with Gasteiger partial charge in [-0.05, 0) is 30.3 Å². The van der Waals surface area contributed by atoms with Crippen LogP contribution in [0.25, 0.3) is 4.98 Å². The molecule has 22 heavy (non-hydrogen) atoms. The summed E-state index contributed by atoms with van der Waals surface area (Å²) in [5.41, 5.74) is 0.392. The van der Waals surface area contributed by atoms with Gasteiger partial charge in [0.05, 0.1) is 7.11 Å². The number of rotatable bonds is 3. The van der Waals surface area contributed by atoms with Gasteiger partial charge in [0, 0.05) is 6.07 Å². The number of hydrogen-bond donors (Lipinski definition) is 0. The van der Waals surface area contributed by atoms with Crippen LogP contribution in [-0.4, -0.2) is 14.4 Å². The van der Waals surface area contributed by atoms with Crippen LogP contribution in [0.2, 0.25) is 0 Å². The van der Waals surface area contributed by atoms with Crippen molar-refractivity contribution in [1.29, 1.82) is 5.39 Å². The lowest BCUT2D eigenvalue weighted by molar-refractivity contribution is 0.368. The van der Waals surface area contributed by atoms with Gasteiger partial charge in [-0.1, -0.05) is 12.1 Å². The fraction of sp³-hybridized carbons (Fsp3) is 0.0769. The molecule has 0 heterocycles. The fourth-order valence-corrected chi connectivity index (χ4v) is 1.40. The fourth-order valence-electron chi connectivity index (χ4n) is 1.40. The van der Waals surface area contributed by atoms with Gasteiger partial charge in [-0.2, -0.15) is 0 Å². The minimum atomic E-state index is -6.00. The Hall–Kier alpha value is -2.76. The van der Waals surface area contributed by atoms with Crippen LogP contribution in [0, 0.1) is 5.39 Å². The van der Waals surface area contributed by atoms with E-state index in [2.05, 4.69) is 4.98 Å². The SMILES string of the molecule is COc1ccc(Oc2ccccc2[N+]#N)cc1.F[B-](F)(F)F. The van der Waals surface area contributed by atoms with Crippen molar-refractivity contribution in [2.24, 2.45) is 0 Å². The van der Waals surface area contributed by atoms with E-state index in [4.69, 9.17) is 14.9 Å². The third kappa shape index (κ3) is 6.61. The van der Waals surface area contributed by atoms with Crippen LogP contribution in [0.15, 0.2) is 48.5 Å². The van der Waals surface area contributed by atoms with E-state index in [9.17, 15) is 17.3 Å². The van der Waals surface area contributed by atoms with Gasteiger partial charge in [0.2, 0.25) is 11.1 Å². The van der Waals surface area contributed by atoms with Crippen LogP contribution in [0.3, 0.4) is 0 Å². The Morgan fingerprint density at radius 1 is 0.909 bits per heavy atom. The molecule has 2 aromatic rings. The van der Waals surface area contributed by atoms with Crippen LogP contribution >= 0.6 is 0 Å². The zero-order valence-electron chi connectivity index (χ0n) is 11.4. The predicted molar refractivity (Wildman–Crippen MR) is 74.4 cm³/mol. The van der Waals surface area contributed by atoms with E-state index >= 15 is 0 Å². The molecule has 2 rings (SSSR count). The van der Waals surface area contributed by atoms with Crippen LogP contribution in [0.5, 0.6) is 17.2 Å². The highest BCUT2D eigenvalue weighted by Gasteiger charge is 2.20. The molecule has 0 bridgehead atoms. The third-order valence-electron chi connectivity index (χ3n) is 2.26. The number of ether oxygens (including phenoxy) is 2. The molecule has 0 radical (unpaired) electrons. The smallest absolute Gasteiger partial charge is 0.497 e. The van der Waals surface area contributed by atoms with E-state index in [0.717, 1.165) is 5.75 Å². The molecule has 0 unspecified atom stereocenters. The van der Waals surface area contributed by atoms with Crippen molar-refractivity contribution in [3.63, 3.8) is 0 Å². The summed E-state index contributed by atoms with van der Waals surface area (Å²) in [5.74, 6) is 1.92. The molecule has 2 aromatic carbocycles. The van der Waals surface area contributed by atoms with Gasteiger partial charge in [0.15, 0.2) is 4.98 Å². The second kappa shape index (κ2) is 7.88. The Labute approximate surface area is 124 Å². The van der Waals surface area contributed by atoms with Crippen molar-refractivity contribution in [1.82, 2.24) is 0 Å². The summed E-state index contributed by atoms with van der Waals surface area (Å²) < 4.78 is 49.6. The predicted octanol–water partition coefficient (Wildman–Crippen LogP) is 5.27. The van der Waals surface area contributed by atoms with Gasteiger partial charge in [0.1, 0.15) is 11.5 Å². The highest BCUT2D eigenvalue weighted by molar-refractivity contribution is 6.50. The van der Waals surface area contributed by atoms with Crippen molar-refractivity contribution < 1.29 is 26.7 Å². The maximum atomic E-state index is 9.75. The number of methoxy groups -OCH3 is 1. The first kappa shape index (κ1) is 17.3. The average Bonchev–Trinajstić information content (AvgIpc) is 2.47. The molecule has 9 heteroatoms. The Morgan fingerprint density at radius 3 is 1.91 bits per heavy atom. The summed E-state index contributed by atoms with van der Waals surface area (Å²) >= 11 is 0. The number of benzene rings is 2. The summed E-state index contributed by atoms with van der Waals surface area (Å²) in [4.78, 5) is 3.15. The quantitative estimate of drug-likeness (QED) is 0.440. The van der Waals surface area contributed by atoms with Gasteiger partial charge in [-0.25, -0.2) is 0 Å². The summed E-state index contributed by atoms with van der Waals surface area (Å²) in [7, 11) is -4.39. The standard InChI is InChI=1S/C13H11N2O2.BF4/c1-16-10-6-8-11(9-7-10)17-13-5-3-2-4-12(13)15-14;2-1(3,4)5/h2-9H,1H3;/q+1;-1. The van der Waals surface area contributed by atoms with Gasteiger partial charge < -0.3 is 26.7 Å². The van der Waals surface area contributed by atoms with Gasteiger partial charge in [-0.15, -0.1) is 0 Å². The number of hydrogen-bond acceptors (Lipinski definition) is 3. The molecule has 0 aliphatic carbocycles. The molecule has 116 valence electrons. The zero-order valence-corrected chi connectivity index (χ0v) is 11.4. The van der Waals surface area contributed by atoms with E-state index in [0.29, 0.717) is 17.2 Å². The second-order valence-corrected chi connectivity index (χ2v) is 3.84. The maximum Gasteiger partial charge on any atom is 0.673 e. The van der Waals surface area contributed by atoms with Crippen molar-refractivity contribution in [3.8, 4) is 17.2 Å². The Balaban J connectivity index is 0.000000422. The number of nitrogens with zero attached hydrogens (tertiary/aromatic N) is 2. The second-order valence-electron chi connectivity index (χ2n) is 3.84. The molecular formula is C13H11BF4N2O2. The molecule has 0 aliphatic rings. The number of halogens is 4. The lowest BCUT2D eigenvalue weighted by Gasteiger charge is -2.04. The van der Waals surface area contributed by atoms with Gasteiger partial charge in [0.25, 0.3) is 0 Å². The van der Waals surface area contributed by atoms with Crippen molar-refractivity contribution in [2.75, 3.05) is 7.11 Å². The Bertz CT molecular complexity index is 636. The van der Waals surface area contributed by atoms with Crippen molar-refractivity contribution >= 4 is 12.9 Å². The molecule has 0 aromatic heterocycles. The minimum absolute atomic E-state index is 0.392. The molecule has 0 aliphatic heterocycles. The summed E-state index contributed by atoms with van der Waals surface area (Å²) in [6, 6.07) is 14.2. The first-order valence-corrected chi connectivity index (χ1v) is 5.97. The van der Waals surface area contributed by atoms with Gasteiger partial charge in [-0.3, -0.25) is 0 Å². The third-order valence-corrected chi connectivity index (χ3v) is 2.26. The van der Waals surface area contributed by atoms with E-state index in [1.165, 1.54) is 0 Å². The van der Waals surface area contributed by atoms with Gasteiger partial charge >= 0.3 is 12.9 Å². The van der Waals surface area contributed by atoms with Crippen LogP contribution in [0.4, 0.5) is 23.0 Å². The zero-order chi connectivity index (χ0) is 16.6. The molecule has 0 saturated carbocycles. The lowest BCUT2D eigenvalue weighted by atomic mass is 10.3. The monoisotopic (exact) mass is 314 g/mol. The highest BCUT2D eigenvalue weighted by atomic mass is 19.5. The number of para-hydroxylation sites is 1. The lowest BCUT2D eigenvalue weighted by Crippen LogP contribution is -2.02. The minimum Gasteiger partial charge on any atom is -0.497 e. The van der Waals surface area contributed by atoms with Crippen molar-refractivity contribution in [3.05, 3.63) is 53.5 Å². The topological polar surface area (TPSA) is 46.6 Å². The largest absolute Gasteiger partial charge is 0.673 e. The average molecular weight is 314 g/mol. The summed E-state index contributed by atoms with van der Waals surface area (Å²) in [6.07, 6.45) is 0. The van der Waals surface area contributed by atoms with E-state index in [1.807, 2.05) is 6.07 Å². The van der Waals surface area contributed by atoms with E-state index in [1.54, 1.807) is 49.6 Å². The van der Waals surface area contributed by atoms with Crippen molar-refractivity contribution in [2.45, 2.75) is 0 Å². The molecule has 0 atom stereocenters. The summed E-state index contributed by atoms with van der Waals surface area (Å²) in [6.45, 7) is 0. The van der Waals surface area contributed by atoms with Crippen LogP contribution in [0.1, 0.15) is 0 Å². The molecular weight excluding hydrogens is 303 g/mol. The van der Waals surface area contributed by atoms with E-state index in [-0.39, 0.29) is 0 Å². The van der Waals surface area contributed by atoms with Crippen LogP contribution in [-0.2, 0) is 0 Å². The van der Waals surface area contributed by atoms with E-state index < -0.39 is 7.25 Å². The number of diazo groups is 1. The van der Waals surface area contributed by atoms with Crippen LogP contribution < -0.4 is 9.47 Å². The molecule has 0 N–H and O–H groups in total.